The summed E-state index contributed by atoms with van der Waals surface area (Å²) in [5.41, 5.74) is 1.10. The number of piperidine rings is 1. The van der Waals surface area contributed by atoms with Crippen LogP contribution in [0.2, 0.25) is 0 Å². The summed E-state index contributed by atoms with van der Waals surface area (Å²) in [5, 5.41) is 11.7. The molecule has 1 N–H and O–H groups in total. The van der Waals surface area contributed by atoms with E-state index in [1.165, 1.54) is 11.3 Å². The summed E-state index contributed by atoms with van der Waals surface area (Å²) in [5.74, 6) is 0.0116. The zero-order valence-corrected chi connectivity index (χ0v) is 13.2. The zero-order valence-electron chi connectivity index (χ0n) is 10.8. The minimum absolute atomic E-state index is 0.0116. The maximum atomic E-state index is 12.1. The number of thiophene rings is 1. The van der Waals surface area contributed by atoms with Crippen LogP contribution in [0.3, 0.4) is 0 Å². The highest BCUT2D eigenvalue weighted by Gasteiger charge is 2.21. The van der Waals surface area contributed by atoms with Gasteiger partial charge in [-0.05, 0) is 47.3 Å². The van der Waals surface area contributed by atoms with Crippen molar-refractivity contribution in [2.45, 2.75) is 25.8 Å². The van der Waals surface area contributed by atoms with Gasteiger partial charge in [-0.25, -0.2) is 0 Å². The lowest BCUT2D eigenvalue weighted by molar-refractivity contribution is 0.0918. The second kappa shape index (κ2) is 6.51. The molecule has 1 aromatic heterocycles. The Morgan fingerprint density at radius 2 is 2.32 bits per heavy atom. The second-order valence-electron chi connectivity index (χ2n) is 4.75. The van der Waals surface area contributed by atoms with Gasteiger partial charge in [0, 0.05) is 19.1 Å². The zero-order chi connectivity index (χ0) is 13.8. The standard InChI is InChI=1S/C13H16BrN3OS/c1-9-8-11(19-12(9)14)13(18)16-10-2-5-17(6-3-10)7-4-15/h8,10H,2-3,5-7H2,1H3,(H,16,18). The molecule has 1 fully saturated rings. The average molecular weight is 342 g/mol. The predicted molar refractivity (Wildman–Crippen MR) is 79.3 cm³/mol. The number of carbonyl (C=O) groups excluding carboxylic acids is 1. The minimum Gasteiger partial charge on any atom is -0.349 e. The quantitative estimate of drug-likeness (QED) is 0.859. The van der Waals surface area contributed by atoms with E-state index in [2.05, 4.69) is 32.2 Å². The van der Waals surface area contributed by atoms with Gasteiger partial charge in [0.1, 0.15) is 0 Å². The van der Waals surface area contributed by atoms with Crippen LogP contribution in [0.5, 0.6) is 0 Å². The molecule has 0 aliphatic carbocycles. The Kier molecular flexibility index (Phi) is 4.97. The monoisotopic (exact) mass is 341 g/mol. The smallest absolute Gasteiger partial charge is 0.261 e. The third-order valence-corrected chi connectivity index (χ3v) is 5.43. The molecule has 0 bridgehead atoms. The summed E-state index contributed by atoms with van der Waals surface area (Å²) in [4.78, 5) is 15.0. The van der Waals surface area contributed by atoms with Gasteiger partial charge >= 0.3 is 0 Å². The third-order valence-electron chi connectivity index (χ3n) is 3.30. The van der Waals surface area contributed by atoms with Crippen LogP contribution in [0.25, 0.3) is 0 Å². The number of nitriles is 1. The number of carbonyl (C=O) groups is 1. The Bertz CT molecular complexity index is 481. The molecule has 2 heterocycles. The fourth-order valence-electron chi connectivity index (χ4n) is 2.16. The van der Waals surface area contributed by atoms with E-state index in [1.807, 2.05) is 13.0 Å². The Balaban J connectivity index is 1.86. The third kappa shape index (κ3) is 3.78. The molecule has 0 aromatic carbocycles. The van der Waals surface area contributed by atoms with Crippen LogP contribution in [0.15, 0.2) is 9.85 Å². The van der Waals surface area contributed by atoms with Crippen molar-refractivity contribution < 1.29 is 4.79 Å². The first kappa shape index (κ1) is 14.5. The summed E-state index contributed by atoms with van der Waals surface area (Å²) in [7, 11) is 0. The van der Waals surface area contributed by atoms with E-state index in [4.69, 9.17) is 5.26 Å². The molecule has 1 amide bonds. The number of likely N-dealkylation sites (tertiary alicyclic amines) is 1. The van der Waals surface area contributed by atoms with Gasteiger partial charge in [0.25, 0.3) is 5.91 Å². The Hall–Kier alpha value is -0.900. The first-order chi connectivity index (χ1) is 9.10. The summed E-state index contributed by atoms with van der Waals surface area (Å²) in [6, 6.07) is 4.30. The van der Waals surface area contributed by atoms with E-state index in [1.54, 1.807) is 0 Å². The van der Waals surface area contributed by atoms with Crippen molar-refractivity contribution in [1.82, 2.24) is 10.2 Å². The van der Waals surface area contributed by atoms with Gasteiger partial charge in [-0.1, -0.05) is 0 Å². The number of amides is 1. The fourth-order valence-corrected chi connectivity index (χ4v) is 3.60. The molecule has 2 rings (SSSR count). The van der Waals surface area contributed by atoms with Crippen LogP contribution < -0.4 is 5.32 Å². The lowest BCUT2D eigenvalue weighted by atomic mass is 10.1. The normalized spacial score (nSPS) is 17.1. The van der Waals surface area contributed by atoms with Crippen LogP contribution >= 0.6 is 27.3 Å². The van der Waals surface area contributed by atoms with Gasteiger partial charge in [0.15, 0.2) is 0 Å². The summed E-state index contributed by atoms with van der Waals surface area (Å²) in [6.07, 6.45) is 1.83. The predicted octanol–water partition coefficient (Wildman–Crippen LogP) is 2.54. The Labute approximate surface area is 125 Å². The number of rotatable bonds is 3. The molecule has 0 radical (unpaired) electrons. The Morgan fingerprint density at radius 3 is 2.84 bits per heavy atom. The molecule has 1 saturated heterocycles. The van der Waals surface area contributed by atoms with Crippen molar-refractivity contribution in [2.75, 3.05) is 19.6 Å². The van der Waals surface area contributed by atoms with Crippen molar-refractivity contribution in [3.05, 3.63) is 20.3 Å². The molecule has 19 heavy (non-hydrogen) atoms. The minimum atomic E-state index is 0.0116. The second-order valence-corrected chi connectivity index (χ2v) is 7.12. The molecular weight excluding hydrogens is 326 g/mol. The number of aryl methyl sites for hydroxylation is 1. The summed E-state index contributed by atoms with van der Waals surface area (Å²) >= 11 is 4.91. The molecule has 1 aliphatic rings. The van der Waals surface area contributed by atoms with Crippen molar-refractivity contribution in [3.8, 4) is 6.07 Å². The number of hydrogen-bond donors (Lipinski definition) is 1. The van der Waals surface area contributed by atoms with Crippen LogP contribution in [0.1, 0.15) is 28.1 Å². The molecule has 0 atom stereocenters. The largest absolute Gasteiger partial charge is 0.349 e. The first-order valence-corrected chi connectivity index (χ1v) is 7.87. The number of nitrogens with zero attached hydrogens (tertiary/aromatic N) is 2. The van der Waals surface area contributed by atoms with Crippen molar-refractivity contribution in [2.24, 2.45) is 0 Å². The van der Waals surface area contributed by atoms with Gasteiger partial charge < -0.3 is 5.32 Å². The molecule has 0 unspecified atom stereocenters. The molecule has 0 spiro atoms. The summed E-state index contributed by atoms with van der Waals surface area (Å²) < 4.78 is 1.02. The van der Waals surface area contributed by atoms with Crippen LogP contribution in [-0.4, -0.2) is 36.5 Å². The molecule has 4 nitrogen and oxygen atoms in total. The fraction of sp³-hybridized carbons (Fsp3) is 0.538. The van der Waals surface area contributed by atoms with E-state index >= 15 is 0 Å². The number of nitrogens with one attached hydrogen (secondary N) is 1. The highest BCUT2D eigenvalue weighted by Crippen LogP contribution is 2.27. The van der Waals surface area contributed by atoms with Crippen molar-refractivity contribution in [3.63, 3.8) is 0 Å². The van der Waals surface area contributed by atoms with E-state index in [0.717, 1.165) is 40.2 Å². The van der Waals surface area contributed by atoms with E-state index < -0.39 is 0 Å². The highest BCUT2D eigenvalue weighted by molar-refractivity contribution is 9.11. The van der Waals surface area contributed by atoms with Crippen LogP contribution in [0.4, 0.5) is 0 Å². The topological polar surface area (TPSA) is 56.1 Å². The number of halogens is 1. The number of hydrogen-bond acceptors (Lipinski definition) is 4. The summed E-state index contributed by atoms with van der Waals surface area (Å²) in [6.45, 7) is 4.23. The lowest BCUT2D eigenvalue weighted by Gasteiger charge is -2.30. The maximum Gasteiger partial charge on any atom is 0.261 e. The molecule has 1 aromatic rings. The molecule has 102 valence electrons. The average Bonchev–Trinajstić information content (AvgIpc) is 2.72. The van der Waals surface area contributed by atoms with Gasteiger partial charge in [-0.3, -0.25) is 9.69 Å². The lowest BCUT2D eigenvalue weighted by Crippen LogP contribution is -2.44. The van der Waals surface area contributed by atoms with E-state index in [-0.39, 0.29) is 11.9 Å². The first-order valence-electron chi connectivity index (χ1n) is 6.26. The van der Waals surface area contributed by atoms with Gasteiger partial charge in [-0.2, -0.15) is 5.26 Å². The van der Waals surface area contributed by atoms with Gasteiger partial charge in [0.2, 0.25) is 0 Å². The molecule has 0 saturated carbocycles. The molecular formula is C13H16BrN3OS. The highest BCUT2D eigenvalue weighted by atomic mass is 79.9. The van der Waals surface area contributed by atoms with E-state index in [9.17, 15) is 4.79 Å². The van der Waals surface area contributed by atoms with Gasteiger partial charge in [0.05, 0.1) is 21.3 Å². The Morgan fingerprint density at radius 1 is 1.63 bits per heavy atom. The van der Waals surface area contributed by atoms with E-state index in [0.29, 0.717) is 6.54 Å². The molecule has 6 heteroatoms. The van der Waals surface area contributed by atoms with Crippen molar-refractivity contribution >= 4 is 33.2 Å². The van der Waals surface area contributed by atoms with Crippen LogP contribution in [-0.2, 0) is 0 Å². The van der Waals surface area contributed by atoms with Crippen molar-refractivity contribution in [1.29, 1.82) is 5.26 Å². The SMILES string of the molecule is Cc1cc(C(=O)NC2CCN(CC#N)CC2)sc1Br. The molecule has 1 aliphatic heterocycles. The van der Waals surface area contributed by atoms with Crippen LogP contribution in [0, 0.1) is 18.3 Å². The van der Waals surface area contributed by atoms with Gasteiger partial charge in [-0.15, -0.1) is 11.3 Å². The maximum absolute atomic E-state index is 12.1.